The molecule has 14 amide bonds. The second kappa shape index (κ2) is 56.3. The fourth-order valence-electron chi connectivity index (χ4n) is 18.1. The number of carbonyl (C=O) groups is 14. The number of hydrogen-bond acceptors (Lipinski definition) is 42. The number of amides is 14. The first kappa shape index (κ1) is 117. The van der Waals surface area contributed by atoms with E-state index in [4.69, 9.17) is 37.9 Å². The summed E-state index contributed by atoms with van der Waals surface area (Å²) in [7, 11) is 0. The van der Waals surface area contributed by atoms with Gasteiger partial charge >= 0.3 is 0 Å². The van der Waals surface area contributed by atoms with Gasteiger partial charge in [-0.3, -0.25) is 85.9 Å². The fourth-order valence-corrected chi connectivity index (χ4v) is 18.1. The monoisotopic (exact) mass is 2100 g/mol. The van der Waals surface area contributed by atoms with Crippen molar-refractivity contribution >= 4 is 82.7 Å². The molecule has 7 aliphatic heterocycles. The van der Waals surface area contributed by atoms with Crippen molar-refractivity contribution in [2.24, 2.45) is 0 Å². The largest absolute Gasteiger partial charge is 0.394 e. The lowest BCUT2D eigenvalue weighted by Crippen LogP contribution is -2.64. The van der Waals surface area contributed by atoms with E-state index in [-0.39, 0.29) is 191 Å². The summed E-state index contributed by atoms with van der Waals surface area (Å²) in [4.78, 5) is 198. The zero-order chi connectivity index (χ0) is 107. The molecule has 7 aliphatic rings. The van der Waals surface area contributed by atoms with Crippen LogP contribution in [0, 0.1) is 0 Å². The molecule has 7 fully saturated rings. The summed E-state index contributed by atoms with van der Waals surface area (Å²) in [5.41, 5.74) is 0.939. The van der Waals surface area contributed by atoms with Crippen molar-refractivity contribution in [3.8, 4) is 0 Å². The number of ether oxygens (including phenoxy) is 8. The van der Waals surface area contributed by atoms with Crippen LogP contribution in [0.15, 0.2) is 24.8 Å². The van der Waals surface area contributed by atoms with Gasteiger partial charge in [0.2, 0.25) is 82.7 Å². The molecule has 0 aliphatic carbocycles. The smallest absolute Gasteiger partial charge is 0.245 e. The molecule has 28 atom stereocenters. The van der Waals surface area contributed by atoms with Crippen molar-refractivity contribution in [1.29, 1.82) is 0 Å². The molecule has 7 saturated heterocycles. The maximum atomic E-state index is 15.2. The Morgan fingerprint density at radius 3 is 0.858 bits per heavy atom. The van der Waals surface area contributed by atoms with Gasteiger partial charge in [0.25, 0.3) is 0 Å². The molecule has 0 saturated carbocycles. The standard InChI is InChI=1S/C88H138N26O34/c1-43-77(133)99-55(19-9-13-25-111-33-51(103-107-111)41-143-87-67(95-47(5)121)75(131)71(127)61(37-117)147-87)83(139)113-27-15-21-57(113)81(137)90-30-64(124)98-54(18-8-12-24-110-32-50(102-106-110)40-142-86-66(94-46(4)120)74(130)70(126)60(36-116)146-86)80(136)92-44(2)78(134)100-56(20-10-14-26-112-34-52(104-108-112)42-144-88-68(96-48(6)122)76(132)72(128)62(38-118)148-88)84(140)114-28-16-22-58(114)82(138)89-29-63(123)97-53(79(135)91-43)17-7-11-23-109-31-49(101-105-109)39-141-85-65(93-45(3)119)73(129)69(125)59(35-115)145-85/h31-34,43-44,53-62,65-76,85-88,115-118,125-132H,7-30,35-42H2,1-6H3,(H,89,138)(H,90,137)(H,91,135)(H,92,136)(H,93,119)(H,94,120)(H,95,121)(H,96,122)(H,97,123)(H,98,124)(H,99,133)(H,100,134)/t43-,44-,53-,54-,55-,56-,57-,58-,59+,60+,61+,62+,65+,66+,67+,68+,69+,70+,71+,72+,73+,74+,75+,76+,85+,86+,87+,88+/m0/s1. The fraction of sp³-hybridized carbons (Fsp3) is 0.750. The summed E-state index contributed by atoms with van der Waals surface area (Å²) in [6, 6.07) is -16.4. The van der Waals surface area contributed by atoms with Crippen LogP contribution in [0.2, 0.25) is 0 Å². The average Bonchev–Trinajstić information content (AvgIpc) is 1.03. The minimum atomic E-state index is -1.60. The maximum Gasteiger partial charge on any atom is 0.245 e. The molecular weight excluding hydrogens is 1970 g/mol. The summed E-state index contributed by atoms with van der Waals surface area (Å²) in [5.74, 6) is -11.0. The van der Waals surface area contributed by atoms with Crippen LogP contribution in [0.5, 0.6) is 0 Å². The summed E-state index contributed by atoms with van der Waals surface area (Å²) < 4.78 is 51.9. The van der Waals surface area contributed by atoms with Crippen LogP contribution < -0.4 is 63.8 Å². The van der Waals surface area contributed by atoms with Crippen LogP contribution in [-0.4, -0.2) is 437 Å². The minimum absolute atomic E-state index is 0.0362. The van der Waals surface area contributed by atoms with E-state index in [1.165, 1.54) is 94.9 Å². The molecule has 0 radical (unpaired) electrons. The molecule has 0 bridgehead atoms. The van der Waals surface area contributed by atoms with Crippen LogP contribution in [0.4, 0.5) is 0 Å². The van der Waals surface area contributed by atoms with Crippen molar-refractivity contribution in [2.75, 3.05) is 52.6 Å². The lowest BCUT2D eigenvalue weighted by atomic mass is 9.97. The second-order valence-electron chi connectivity index (χ2n) is 37.5. The molecule has 0 aromatic carbocycles. The molecule has 0 spiro atoms. The van der Waals surface area contributed by atoms with Crippen LogP contribution in [-0.2, 0) is 158 Å². The summed E-state index contributed by atoms with van der Waals surface area (Å²) in [6.07, 6.45) is -15.6. The highest BCUT2D eigenvalue weighted by Gasteiger charge is 2.51. The van der Waals surface area contributed by atoms with Crippen molar-refractivity contribution in [3.63, 3.8) is 0 Å². The molecule has 4 aromatic rings. The third-order valence-corrected chi connectivity index (χ3v) is 26.0. The summed E-state index contributed by atoms with van der Waals surface area (Å²) in [5, 5.41) is 189. The first-order valence-electron chi connectivity index (χ1n) is 49.3. The molecule has 60 nitrogen and oxygen atoms in total. The minimum Gasteiger partial charge on any atom is -0.394 e. The first-order valence-corrected chi connectivity index (χ1v) is 49.3. The Bertz CT molecular complexity index is 4770. The number of nitrogens with one attached hydrogen (secondary N) is 12. The average molecular weight is 2100 g/mol. The van der Waals surface area contributed by atoms with Crippen molar-refractivity contribution in [3.05, 3.63) is 47.6 Å². The molecule has 824 valence electrons. The molecule has 148 heavy (non-hydrogen) atoms. The van der Waals surface area contributed by atoms with E-state index in [1.54, 1.807) is 0 Å². The molecule has 11 heterocycles. The Hall–Kier alpha value is -11.7. The van der Waals surface area contributed by atoms with Gasteiger partial charge in [-0.15, -0.1) is 20.4 Å². The molecule has 0 unspecified atom stereocenters. The van der Waals surface area contributed by atoms with Crippen LogP contribution in [0.3, 0.4) is 0 Å². The molecule has 11 rings (SSSR count). The number of nitrogens with zero attached hydrogens (tertiary/aromatic N) is 14. The van der Waals surface area contributed by atoms with Gasteiger partial charge < -0.3 is 173 Å². The molecular formula is C88H138N26O34. The number of unbranched alkanes of at least 4 members (excludes halogenated alkanes) is 4. The third kappa shape index (κ3) is 32.7. The normalized spacial score (nSPS) is 31.3. The highest BCUT2D eigenvalue weighted by molar-refractivity contribution is 5.99. The third-order valence-electron chi connectivity index (χ3n) is 26.0. The number of fused-ring (bicyclic) bond motifs is 2. The Kier molecular flexibility index (Phi) is 44.3. The van der Waals surface area contributed by atoms with Crippen LogP contribution in [0.1, 0.15) is 167 Å². The highest BCUT2D eigenvalue weighted by Crippen LogP contribution is 2.30. The van der Waals surface area contributed by atoms with Crippen molar-refractivity contribution < 1.29 is 166 Å². The van der Waals surface area contributed by atoms with Crippen molar-refractivity contribution in [1.82, 2.24) is 134 Å². The van der Waals surface area contributed by atoms with E-state index in [0.29, 0.717) is 0 Å². The number of rotatable bonds is 40. The predicted octanol–water partition coefficient (Wildman–Crippen LogP) is -13.1. The maximum absolute atomic E-state index is 15.2. The predicted molar refractivity (Wildman–Crippen MR) is 495 cm³/mol. The Morgan fingerprint density at radius 1 is 0.351 bits per heavy atom. The van der Waals surface area contributed by atoms with E-state index < -0.39 is 293 Å². The number of aliphatic hydroxyl groups excluding tert-OH is 12. The number of aryl methyl sites for hydroxylation is 4. The lowest BCUT2D eigenvalue weighted by molar-refractivity contribution is -0.273. The SMILES string of the molecule is CC(=O)N[C@H]1[C@H](OCc2cn(CCCC[C@@H]3NC(=O)CNC(=O)[C@@H]4CCCN4C(=O)[C@H](CCCCn4cc(CO[C@@H]5O[C@H](CO)[C@@H](O)[C@H](O)[C@H]5NC(C)=O)nn4)NC(=O)[C@H](C)NC(=O)[C@H](CCCCn4cc(CO[C@@H]5O[C@H](CO)[C@@H](O)[C@H](O)[C@H]5NC(C)=O)nn4)NC(=O)CNC(=O)[C@@H]4CCCN4C(=O)[C@H](CCCCn4cc(CO[C@@H]5O[C@H](CO)[C@@H](O)[C@H](O)[C@H]5NC(C)=O)nn4)NC(=O)[C@H](C)NC3=O)nn2)O[C@H](CO)[C@@H](O)[C@@H]1O. The lowest BCUT2D eigenvalue weighted by Gasteiger charge is -2.42. The van der Waals surface area contributed by atoms with Gasteiger partial charge in [-0.1, -0.05) is 20.9 Å². The van der Waals surface area contributed by atoms with E-state index in [1.807, 2.05) is 0 Å². The van der Waals surface area contributed by atoms with E-state index >= 15 is 9.59 Å². The van der Waals surface area contributed by atoms with Gasteiger partial charge in [0.15, 0.2) is 25.2 Å². The van der Waals surface area contributed by atoms with Crippen LogP contribution in [0.25, 0.3) is 0 Å². The first-order chi connectivity index (χ1) is 70.7. The quantitative estimate of drug-likeness (QED) is 0.0184. The highest BCUT2D eigenvalue weighted by atomic mass is 16.7. The topological polar surface area (TPSA) is 829 Å². The van der Waals surface area contributed by atoms with E-state index in [9.17, 15) is 119 Å². The van der Waals surface area contributed by atoms with Gasteiger partial charge in [-0.25, -0.2) is 0 Å². The summed E-state index contributed by atoms with van der Waals surface area (Å²) in [6.45, 7) is 2.21. The number of carbonyl (C=O) groups excluding carboxylic acids is 14. The second-order valence-corrected chi connectivity index (χ2v) is 37.5. The van der Waals surface area contributed by atoms with Crippen molar-refractivity contribution in [2.45, 2.75) is 368 Å². The van der Waals surface area contributed by atoms with Gasteiger partial charge in [-0.05, 0) is 117 Å². The van der Waals surface area contributed by atoms with Gasteiger partial charge in [0.05, 0.1) is 90.7 Å². The van der Waals surface area contributed by atoms with Crippen LogP contribution >= 0.6 is 0 Å². The number of aliphatic hydroxyl groups is 12. The zero-order valence-electron chi connectivity index (χ0n) is 82.7. The summed E-state index contributed by atoms with van der Waals surface area (Å²) >= 11 is 0. The molecule has 4 aromatic heterocycles. The van der Waals surface area contributed by atoms with Gasteiger partial charge in [-0.2, -0.15) is 0 Å². The molecule has 60 heteroatoms. The Balaban J connectivity index is 0.819. The van der Waals surface area contributed by atoms with E-state index in [2.05, 4.69) is 105 Å². The van der Waals surface area contributed by atoms with E-state index in [0.717, 1.165) is 0 Å². The Labute approximate surface area is 847 Å². The Morgan fingerprint density at radius 2 is 0.608 bits per heavy atom. The number of hydrogen-bond donors (Lipinski definition) is 24. The van der Waals surface area contributed by atoms with Gasteiger partial charge in [0, 0.05) is 67.0 Å². The zero-order valence-corrected chi connectivity index (χ0v) is 82.7. The number of aromatic nitrogens is 12. The van der Waals surface area contributed by atoms with Gasteiger partial charge in [0.1, 0.15) is 169 Å². The molecule has 24 N–H and O–H groups in total.